The number of amides is 1. The number of nitrogens with zero attached hydrogens (tertiary/aromatic N) is 3. The Morgan fingerprint density at radius 2 is 2.23 bits per heavy atom. The molecule has 0 aliphatic carbocycles. The van der Waals surface area contributed by atoms with E-state index in [0.29, 0.717) is 6.42 Å². The van der Waals surface area contributed by atoms with Gasteiger partial charge in [0.25, 0.3) is 0 Å². The molecule has 0 fully saturated rings. The third-order valence-corrected chi connectivity index (χ3v) is 3.97. The summed E-state index contributed by atoms with van der Waals surface area (Å²) in [5.41, 5.74) is 4.39. The molecule has 2 heterocycles. The number of hydrogen-bond donors (Lipinski definition) is 2. The van der Waals surface area contributed by atoms with Gasteiger partial charge in [0.15, 0.2) is 0 Å². The first-order chi connectivity index (χ1) is 10.5. The predicted molar refractivity (Wildman–Crippen MR) is 85.5 cm³/mol. The van der Waals surface area contributed by atoms with E-state index < -0.39 is 0 Å². The molecule has 2 aromatic heterocycles. The zero-order chi connectivity index (χ0) is 16.1. The zero-order valence-corrected chi connectivity index (χ0v) is 13.8. The first kappa shape index (κ1) is 16.3. The van der Waals surface area contributed by atoms with Crippen LogP contribution in [-0.4, -0.2) is 25.9 Å². The number of nitrogens with one attached hydrogen (secondary N) is 2. The molecule has 2 aromatic rings. The molecule has 0 aliphatic rings. The predicted octanol–water partition coefficient (Wildman–Crippen LogP) is 2.44. The third-order valence-electron chi connectivity index (χ3n) is 3.97. The Bertz CT molecular complexity index is 615. The first-order valence-electron chi connectivity index (χ1n) is 7.83. The maximum Gasteiger partial charge on any atom is 0.220 e. The van der Waals surface area contributed by atoms with Gasteiger partial charge in [0.2, 0.25) is 5.91 Å². The van der Waals surface area contributed by atoms with Gasteiger partial charge in [-0.25, -0.2) is 0 Å². The Kier molecular flexibility index (Phi) is 5.35. The minimum atomic E-state index is -0.0123. The van der Waals surface area contributed by atoms with Gasteiger partial charge in [-0.2, -0.15) is 10.2 Å². The fourth-order valence-corrected chi connectivity index (χ4v) is 2.90. The van der Waals surface area contributed by atoms with Crippen LogP contribution in [0.2, 0.25) is 0 Å². The van der Waals surface area contributed by atoms with Gasteiger partial charge in [0.05, 0.1) is 17.9 Å². The van der Waals surface area contributed by atoms with E-state index in [0.717, 1.165) is 41.9 Å². The summed E-state index contributed by atoms with van der Waals surface area (Å²) >= 11 is 0. The van der Waals surface area contributed by atoms with Crippen LogP contribution in [0.25, 0.3) is 0 Å². The van der Waals surface area contributed by atoms with Crippen molar-refractivity contribution in [2.75, 3.05) is 0 Å². The molecule has 0 bridgehead atoms. The van der Waals surface area contributed by atoms with Crippen LogP contribution in [0.5, 0.6) is 0 Å². The monoisotopic (exact) mass is 303 g/mol. The summed E-state index contributed by atoms with van der Waals surface area (Å²) in [5, 5.41) is 14.3. The molecule has 2 rings (SSSR count). The van der Waals surface area contributed by atoms with Crippen molar-refractivity contribution < 1.29 is 4.79 Å². The molecular formula is C16H25N5O. The number of aromatic amines is 1. The van der Waals surface area contributed by atoms with E-state index in [-0.39, 0.29) is 11.9 Å². The topological polar surface area (TPSA) is 75.6 Å². The van der Waals surface area contributed by atoms with Crippen molar-refractivity contribution >= 4 is 5.91 Å². The molecule has 6 nitrogen and oxygen atoms in total. The van der Waals surface area contributed by atoms with Gasteiger partial charge in [-0.15, -0.1) is 0 Å². The SMILES string of the molecule is CCn1nc(C)c([C@H](C)NC(=O)CCCc2cn[nH]c2)c1C. The van der Waals surface area contributed by atoms with Crippen molar-refractivity contribution in [1.29, 1.82) is 0 Å². The van der Waals surface area contributed by atoms with Crippen molar-refractivity contribution in [2.24, 2.45) is 0 Å². The summed E-state index contributed by atoms with van der Waals surface area (Å²) in [5.74, 6) is 0.0824. The number of hydrogen-bond acceptors (Lipinski definition) is 3. The molecule has 1 atom stereocenters. The molecule has 2 N–H and O–H groups in total. The number of aromatic nitrogens is 4. The Labute approximate surface area is 131 Å². The summed E-state index contributed by atoms with van der Waals surface area (Å²) in [6.07, 6.45) is 5.88. The van der Waals surface area contributed by atoms with Crippen molar-refractivity contribution in [3.8, 4) is 0 Å². The number of carbonyl (C=O) groups excluding carboxylic acids is 1. The fourth-order valence-electron chi connectivity index (χ4n) is 2.90. The Morgan fingerprint density at radius 1 is 1.45 bits per heavy atom. The molecule has 6 heteroatoms. The Morgan fingerprint density at radius 3 is 2.82 bits per heavy atom. The third kappa shape index (κ3) is 3.75. The van der Waals surface area contributed by atoms with E-state index in [1.54, 1.807) is 6.20 Å². The van der Waals surface area contributed by atoms with Gasteiger partial charge >= 0.3 is 0 Å². The molecule has 22 heavy (non-hydrogen) atoms. The molecule has 1 amide bonds. The van der Waals surface area contributed by atoms with Crippen LogP contribution in [-0.2, 0) is 17.8 Å². The fraction of sp³-hybridized carbons (Fsp3) is 0.562. The van der Waals surface area contributed by atoms with E-state index in [9.17, 15) is 4.79 Å². The Hall–Kier alpha value is -2.11. The van der Waals surface area contributed by atoms with Crippen LogP contribution >= 0.6 is 0 Å². The molecular weight excluding hydrogens is 278 g/mol. The highest BCUT2D eigenvalue weighted by atomic mass is 16.1. The molecule has 120 valence electrons. The maximum absolute atomic E-state index is 12.1. The largest absolute Gasteiger partial charge is 0.349 e. The van der Waals surface area contributed by atoms with Gasteiger partial charge in [0, 0.05) is 30.4 Å². The second-order valence-corrected chi connectivity index (χ2v) is 5.65. The molecule has 0 aliphatic heterocycles. The van der Waals surface area contributed by atoms with E-state index in [1.807, 2.05) is 24.7 Å². The molecule has 0 unspecified atom stereocenters. The lowest BCUT2D eigenvalue weighted by atomic mass is 10.1. The van der Waals surface area contributed by atoms with Gasteiger partial charge in [0.1, 0.15) is 0 Å². The van der Waals surface area contributed by atoms with Crippen molar-refractivity contribution in [3.63, 3.8) is 0 Å². The smallest absolute Gasteiger partial charge is 0.220 e. The average molecular weight is 303 g/mol. The number of aryl methyl sites for hydroxylation is 3. The van der Waals surface area contributed by atoms with Crippen molar-refractivity contribution in [3.05, 3.63) is 34.9 Å². The van der Waals surface area contributed by atoms with Gasteiger partial charge in [-0.3, -0.25) is 14.6 Å². The highest BCUT2D eigenvalue weighted by Gasteiger charge is 2.18. The van der Waals surface area contributed by atoms with E-state index in [4.69, 9.17) is 0 Å². The van der Waals surface area contributed by atoms with Gasteiger partial charge in [-0.05, 0) is 46.1 Å². The minimum Gasteiger partial charge on any atom is -0.349 e. The highest BCUT2D eigenvalue weighted by Crippen LogP contribution is 2.21. The molecule has 0 radical (unpaired) electrons. The van der Waals surface area contributed by atoms with Crippen molar-refractivity contribution in [1.82, 2.24) is 25.3 Å². The second kappa shape index (κ2) is 7.24. The van der Waals surface area contributed by atoms with Crippen LogP contribution in [0.4, 0.5) is 0 Å². The van der Waals surface area contributed by atoms with Crippen LogP contribution in [0.15, 0.2) is 12.4 Å². The van der Waals surface area contributed by atoms with Gasteiger partial charge in [-0.1, -0.05) is 0 Å². The number of H-pyrrole nitrogens is 1. The number of rotatable bonds is 7. The highest BCUT2D eigenvalue weighted by molar-refractivity contribution is 5.76. The van der Waals surface area contributed by atoms with Crippen LogP contribution in [0.3, 0.4) is 0 Å². The van der Waals surface area contributed by atoms with Gasteiger partial charge < -0.3 is 5.32 Å². The molecule has 0 spiro atoms. The van der Waals surface area contributed by atoms with E-state index in [2.05, 4.69) is 34.5 Å². The van der Waals surface area contributed by atoms with Crippen LogP contribution in [0, 0.1) is 13.8 Å². The summed E-state index contributed by atoms with van der Waals surface area (Å²) in [6.45, 7) is 8.99. The standard InChI is InChI=1S/C16H25N5O/c1-5-21-13(4)16(12(3)20-21)11(2)19-15(22)8-6-7-14-9-17-18-10-14/h9-11H,5-8H2,1-4H3,(H,17,18)(H,19,22)/t11-/m0/s1. The summed E-state index contributed by atoms with van der Waals surface area (Å²) in [7, 11) is 0. The molecule has 0 aromatic carbocycles. The number of carbonyl (C=O) groups is 1. The van der Waals surface area contributed by atoms with Crippen molar-refractivity contribution in [2.45, 2.75) is 59.5 Å². The second-order valence-electron chi connectivity index (χ2n) is 5.65. The molecule has 0 saturated heterocycles. The summed E-state index contributed by atoms with van der Waals surface area (Å²) in [4.78, 5) is 12.1. The van der Waals surface area contributed by atoms with E-state index >= 15 is 0 Å². The quantitative estimate of drug-likeness (QED) is 0.825. The average Bonchev–Trinajstić information content (AvgIpc) is 3.06. The van der Waals surface area contributed by atoms with Crippen LogP contribution < -0.4 is 5.32 Å². The minimum absolute atomic E-state index is 0.0123. The van der Waals surface area contributed by atoms with Crippen LogP contribution in [0.1, 0.15) is 55.2 Å². The lowest BCUT2D eigenvalue weighted by Gasteiger charge is -2.15. The van der Waals surface area contributed by atoms with E-state index in [1.165, 1.54) is 0 Å². The lowest BCUT2D eigenvalue weighted by Crippen LogP contribution is -2.27. The Balaban J connectivity index is 1.87. The normalized spacial score (nSPS) is 12.4. The summed E-state index contributed by atoms with van der Waals surface area (Å²) in [6, 6.07) is -0.0123. The maximum atomic E-state index is 12.1. The summed E-state index contributed by atoms with van der Waals surface area (Å²) < 4.78 is 1.98. The lowest BCUT2D eigenvalue weighted by molar-refractivity contribution is -0.121. The molecule has 0 saturated carbocycles. The zero-order valence-electron chi connectivity index (χ0n) is 13.8. The first-order valence-corrected chi connectivity index (χ1v) is 7.83.